The normalized spacial score (nSPS) is 15.2. The zero-order chi connectivity index (χ0) is 15.9. The average Bonchev–Trinajstić information content (AvgIpc) is 2.23. The van der Waals surface area contributed by atoms with Gasteiger partial charge in [-0.2, -0.15) is 26.3 Å². The van der Waals surface area contributed by atoms with E-state index in [1.165, 1.54) is 0 Å². The Labute approximate surface area is 119 Å². The van der Waals surface area contributed by atoms with Crippen LogP contribution in [0.5, 0.6) is 0 Å². The van der Waals surface area contributed by atoms with Crippen molar-refractivity contribution in [1.29, 1.82) is 0 Å². The molecular formula is C10H6BrF7OS. The Bertz CT molecular complexity index is 523. The molecule has 1 rings (SSSR count). The first-order chi connectivity index (χ1) is 8.80. The lowest BCUT2D eigenvalue weighted by Gasteiger charge is -2.30. The SMILES string of the molecule is CS(=O)c1cc(Br)cc(C(F)(C(F)(F)F)C(F)(F)F)c1. The van der Waals surface area contributed by atoms with Gasteiger partial charge in [0, 0.05) is 32.0 Å². The molecule has 0 aliphatic heterocycles. The summed E-state index contributed by atoms with van der Waals surface area (Å²) in [4.78, 5) is -0.357. The maximum Gasteiger partial charge on any atom is 0.435 e. The van der Waals surface area contributed by atoms with E-state index in [-0.39, 0.29) is 9.37 Å². The molecule has 0 saturated carbocycles. The number of halogens is 8. The van der Waals surface area contributed by atoms with Crippen molar-refractivity contribution in [2.75, 3.05) is 6.26 Å². The van der Waals surface area contributed by atoms with E-state index in [4.69, 9.17) is 0 Å². The molecule has 0 fully saturated rings. The van der Waals surface area contributed by atoms with Crippen LogP contribution in [0.15, 0.2) is 27.6 Å². The fraction of sp³-hybridized carbons (Fsp3) is 0.400. The summed E-state index contributed by atoms with van der Waals surface area (Å²) in [6.45, 7) is 0. The van der Waals surface area contributed by atoms with Gasteiger partial charge in [0.1, 0.15) is 0 Å². The Morgan fingerprint density at radius 2 is 1.40 bits per heavy atom. The molecule has 0 saturated heterocycles. The first kappa shape index (κ1) is 17.4. The third kappa shape index (κ3) is 3.00. The third-order valence-corrected chi connectivity index (χ3v) is 3.74. The molecule has 1 aromatic rings. The Morgan fingerprint density at radius 1 is 0.950 bits per heavy atom. The Hall–Kier alpha value is -0.640. The van der Waals surface area contributed by atoms with Crippen molar-refractivity contribution in [3.8, 4) is 0 Å². The van der Waals surface area contributed by atoms with Crippen LogP contribution in [0.3, 0.4) is 0 Å². The van der Waals surface area contributed by atoms with Crippen LogP contribution in [0.4, 0.5) is 30.7 Å². The smallest absolute Gasteiger partial charge is 0.255 e. The molecule has 1 aromatic carbocycles. The molecular weight excluding hydrogens is 381 g/mol. The van der Waals surface area contributed by atoms with Crippen LogP contribution in [0.25, 0.3) is 0 Å². The first-order valence-corrected chi connectivity index (χ1v) is 7.12. The molecule has 0 aromatic heterocycles. The summed E-state index contributed by atoms with van der Waals surface area (Å²) < 4.78 is 100. The molecule has 0 amide bonds. The summed E-state index contributed by atoms with van der Waals surface area (Å²) in [6.07, 6.45) is -11.3. The number of alkyl halides is 7. The number of hydrogen-bond donors (Lipinski definition) is 0. The van der Waals surface area contributed by atoms with Gasteiger partial charge in [0.25, 0.3) is 0 Å². The quantitative estimate of drug-likeness (QED) is 0.685. The Kier molecular flexibility index (Phi) is 4.60. The molecule has 0 bridgehead atoms. The van der Waals surface area contributed by atoms with Gasteiger partial charge in [-0.25, -0.2) is 4.39 Å². The second-order valence-electron chi connectivity index (χ2n) is 3.78. The summed E-state index contributed by atoms with van der Waals surface area (Å²) in [5.41, 5.74) is -7.20. The van der Waals surface area contributed by atoms with Crippen LogP contribution in [-0.4, -0.2) is 22.8 Å². The van der Waals surface area contributed by atoms with Crippen molar-refractivity contribution in [2.24, 2.45) is 0 Å². The van der Waals surface area contributed by atoms with Crippen molar-refractivity contribution in [1.82, 2.24) is 0 Å². The van der Waals surface area contributed by atoms with Gasteiger partial charge >= 0.3 is 18.0 Å². The average molecular weight is 387 g/mol. The highest BCUT2D eigenvalue weighted by molar-refractivity contribution is 9.10. The van der Waals surface area contributed by atoms with Gasteiger partial charge in [-0.05, 0) is 18.2 Å². The van der Waals surface area contributed by atoms with E-state index < -0.39 is 34.4 Å². The molecule has 0 N–H and O–H groups in total. The van der Waals surface area contributed by atoms with Gasteiger partial charge in [-0.1, -0.05) is 15.9 Å². The van der Waals surface area contributed by atoms with Gasteiger partial charge in [0.15, 0.2) is 0 Å². The van der Waals surface area contributed by atoms with Gasteiger partial charge in [-0.3, -0.25) is 4.21 Å². The highest BCUT2D eigenvalue weighted by atomic mass is 79.9. The van der Waals surface area contributed by atoms with Crippen LogP contribution in [-0.2, 0) is 16.5 Å². The maximum atomic E-state index is 13.8. The minimum atomic E-state index is -6.20. The van der Waals surface area contributed by atoms with E-state index in [9.17, 15) is 34.9 Å². The minimum Gasteiger partial charge on any atom is -0.255 e. The molecule has 114 valence electrons. The van der Waals surface area contributed by atoms with Gasteiger partial charge in [-0.15, -0.1) is 0 Å². The summed E-state index contributed by atoms with van der Waals surface area (Å²) in [7, 11) is -1.87. The van der Waals surface area contributed by atoms with Crippen LogP contribution >= 0.6 is 15.9 Å². The minimum absolute atomic E-state index is 0.240. The molecule has 10 heteroatoms. The van der Waals surface area contributed by atoms with E-state index in [2.05, 4.69) is 15.9 Å². The molecule has 1 nitrogen and oxygen atoms in total. The Morgan fingerprint density at radius 3 is 1.75 bits per heavy atom. The molecule has 0 aliphatic rings. The van der Waals surface area contributed by atoms with Crippen molar-refractivity contribution >= 4 is 26.7 Å². The fourth-order valence-corrected chi connectivity index (χ4v) is 2.65. The lowest BCUT2D eigenvalue weighted by Crippen LogP contribution is -2.50. The number of benzene rings is 1. The third-order valence-electron chi connectivity index (χ3n) is 2.38. The van der Waals surface area contributed by atoms with Crippen LogP contribution in [0.1, 0.15) is 5.56 Å². The van der Waals surface area contributed by atoms with Crippen LogP contribution in [0, 0.1) is 0 Å². The number of rotatable bonds is 2. The lowest BCUT2D eigenvalue weighted by atomic mass is 9.94. The topological polar surface area (TPSA) is 17.1 Å². The number of hydrogen-bond acceptors (Lipinski definition) is 1. The van der Waals surface area contributed by atoms with Crippen LogP contribution < -0.4 is 0 Å². The molecule has 1 atom stereocenters. The summed E-state index contributed by atoms with van der Waals surface area (Å²) in [5, 5.41) is 0. The monoisotopic (exact) mass is 386 g/mol. The standard InChI is InChI=1S/C10H6BrF7OS/c1-20(19)7-3-5(2-6(11)4-7)8(12,9(13,14)15)10(16,17)18/h2-4H,1H3. The molecule has 20 heavy (non-hydrogen) atoms. The summed E-state index contributed by atoms with van der Waals surface area (Å²) in [6, 6.07) is 1.70. The molecule has 0 aliphatic carbocycles. The zero-order valence-corrected chi connectivity index (χ0v) is 12.0. The van der Waals surface area contributed by atoms with E-state index in [0.29, 0.717) is 12.1 Å². The second-order valence-corrected chi connectivity index (χ2v) is 6.08. The largest absolute Gasteiger partial charge is 0.435 e. The fourth-order valence-electron chi connectivity index (χ4n) is 1.42. The van der Waals surface area contributed by atoms with E-state index in [1.54, 1.807) is 0 Å². The van der Waals surface area contributed by atoms with E-state index in [0.717, 1.165) is 12.3 Å². The summed E-state index contributed by atoms with van der Waals surface area (Å²) in [5.74, 6) is 0. The Balaban J connectivity index is 3.64. The van der Waals surface area contributed by atoms with Crippen molar-refractivity contribution < 1.29 is 34.9 Å². The lowest BCUT2D eigenvalue weighted by molar-refractivity contribution is -0.348. The maximum absolute atomic E-state index is 13.8. The van der Waals surface area contributed by atoms with Crippen molar-refractivity contribution in [3.63, 3.8) is 0 Å². The highest BCUT2D eigenvalue weighted by Gasteiger charge is 2.73. The van der Waals surface area contributed by atoms with Gasteiger partial charge < -0.3 is 0 Å². The molecule has 0 radical (unpaired) electrons. The predicted octanol–water partition coefficient (Wildman–Crippen LogP) is 4.48. The van der Waals surface area contributed by atoms with Crippen molar-refractivity contribution in [2.45, 2.75) is 22.9 Å². The first-order valence-electron chi connectivity index (χ1n) is 4.77. The predicted molar refractivity (Wildman–Crippen MR) is 61.4 cm³/mol. The van der Waals surface area contributed by atoms with E-state index in [1.807, 2.05) is 0 Å². The zero-order valence-electron chi connectivity index (χ0n) is 9.57. The van der Waals surface area contributed by atoms with Crippen molar-refractivity contribution in [3.05, 3.63) is 28.2 Å². The second kappa shape index (κ2) is 5.28. The van der Waals surface area contributed by atoms with Crippen LogP contribution in [0.2, 0.25) is 0 Å². The molecule has 0 spiro atoms. The highest BCUT2D eigenvalue weighted by Crippen LogP contribution is 2.53. The summed E-state index contributed by atoms with van der Waals surface area (Å²) >= 11 is 2.67. The molecule has 0 heterocycles. The van der Waals surface area contributed by atoms with E-state index >= 15 is 0 Å². The van der Waals surface area contributed by atoms with Gasteiger partial charge in [0.05, 0.1) is 0 Å². The van der Waals surface area contributed by atoms with Gasteiger partial charge in [0.2, 0.25) is 0 Å². The molecule has 1 unspecified atom stereocenters.